The zero-order chi connectivity index (χ0) is 14.0. The molecule has 0 bridgehead atoms. The number of hydrogen-bond donors (Lipinski definition) is 1. The quantitative estimate of drug-likeness (QED) is 0.860. The second kappa shape index (κ2) is 5.69. The molecular weight excluding hydrogens is 259 g/mol. The fourth-order valence-corrected chi connectivity index (χ4v) is 3.31. The molecule has 0 unspecified atom stereocenters. The SMILES string of the molecule is O=C(O)[C@@H]1CN(CCC2CCCC2)C[C@H]1C(F)(F)F. The van der Waals surface area contributed by atoms with E-state index >= 15 is 0 Å². The van der Waals surface area contributed by atoms with E-state index in [1.54, 1.807) is 4.90 Å². The first-order chi connectivity index (χ1) is 8.88. The Labute approximate surface area is 110 Å². The second-order valence-electron chi connectivity index (χ2n) is 5.79. The van der Waals surface area contributed by atoms with Gasteiger partial charge in [-0.15, -0.1) is 0 Å². The van der Waals surface area contributed by atoms with E-state index in [1.165, 1.54) is 25.7 Å². The van der Waals surface area contributed by atoms with E-state index in [9.17, 15) is 18.0 Å². The Kier molecular flexibility index (Phi) is 4.38. The summed E-state index contributed by atoms with van der Waals surface area (Å²) >= 11 is 0. The number of aliphatic carboxylic acids is 1. The lowest BCUT2D eigenvalue weighted by molar-refractivity contribution is -0.188. The van der Waals surface area contributed by atoms with Gasteiger partial charge in [-0.05, 0) is 18.9 Å². The Morgan fingerprint density at radius 2 is 1.84 bits per heavy atom. The molecule has 0 radical (unpaired) electrons. The summed E-state index contributed by atoms with van der Waals surface area (Å²) < 4.78 is 38.4. The average molecular weight is 279 g/mol. The van der Waals surface area contributed by atoms with Gasteiger partial charge in [-0.2, -0.15) is 13.2 Å². The molecule has 2 fully saturated rings. The van der Waals surface area contributed by atoms with Crippen molar-refractivity contribution in [3.05, 3.63) is 0 Å². The summed E-state index contributed by atoms with van der Waals surface area (Å²) in [6.07, 6.45) is 1.25. The van der Waals surface area contributed by atoms with E-state index in [-0.39, 0.29) is 13.1 Å². The average Bonchev–Trinajstić information content (AvgIpc) is 2.94. The third kappa shape index (κ3) is 3.61. The van der Waals surface area contributed by atoms with Crippen LogP contribution in [0.1, 0.15) is 32.1 Å². The maximum absolute atomic E-state index is 12.8. The summed E-state index contributed by atoms with van der Waals surface area (Å²) in [5.41, 5.74) is 0. The molecule has 0 aromatic carbocycles. The van der Waals surface area contributed by atoms with Gasteiger partial charge in [0.05, 0.1) is 11.8 Å². The van der Waals surface area contributed by atoms with Gasteiger partial charge < -0.3 is 10.0 Å². The number of carboxylic acids is 1. The number of hydrogen-bond acceptors (Lipinski definition) is 2. The zero-order valence-corrected chi connectivity index (χ0v) is 10.8. The Bertz CT molecular complexity index is 326. The van der Waals surface area contributed by atoms with Crippen LogP contribution in [0.15, 0.2) is 0 Å². The standard InChI is InChI=1S/C13H20F3NO2/c14-13(15,16)11-8-17(7-10(11)12(18)19)6-5-9-3-1-2-4-9/h9-11H,1-8H2,(H,18,19)/t10-,11-/m1/s1. The summed E-state index contributed by atoms with van der Waals surface area (Å²) in [6.45, 7) is 0.473. The van der Waals surface area contributed by atoms with Crippen molar-refractivity contribution in [1.29, 1.82) is 0 Å². The van der Waals surface area contributed by atoms with E-state index in [1.807, 2.05) is 0 Å². The molecule has 1 saturated carbocycles. The molecule has 2 atom stereocenters. The molecular formula is C13H20F3NO2. The summed E-state index contributed by atoms with van der Waals surface area (Å²) in [5, 5.41) is 8.92. The summed E-state index contributed by atoms with van der Waals surface area (Å²) in [5.74, 6) is -3.73. The minimum Gasteiger partial charge on any atom is -0.481 e. The molecule has 1 N–H and O–H groups in total. The van der Waals surface area contributed by atoms with Gasteiger partial charge in [0.1, 0.15) is 0 Å². The van der Waals surface area contributed by atoms with Crippen LogP contribution in [0.5, 0.6) is 0 Å². The molecule has 1 aliphatic heterocycles. The van der Waals surface area contributed by atoms with Gasteiger partial charge in [-0.3, -0.25) is 4.79 Å². The molecule has 0 spiro atoms. The summed E-state index contributed by atoms with van der Waals surface area (Å²) in [7, 11) is 0. The van der Waals surface area contributed by atoms with Crippen molar-refractivity contribution in [1.82, 2.24) is 4.90 Å². The van der Waals surface area contributed by atoms with Gasteiger partial charge in [0, 0.05) is 13.1 Å². The van der Waals surface area contributed by atoms with Crippen LogP contribution in [0.3, 0.4) is 0 Å². The Balaban J connectivity index is 1.88. The van der Waals surface area contributed by atoms with E-state index < -0.39 is 24.0 Å². The minimum atomic E-state index is -4.41. The summed E-state index contributed by atoms with van der Waals surface area (Å²) in [4.78, 5) is 12.6. The number of carbonyl (C=O) groups is 1. The first-order valence-electron chi connectivity index (χ1n) is 6.90. The fraction of sp³-hybridized carbons (Fsp3) is 0.923. The number of halogens is 3. The predicted molar refractivity (Wildman–Crippen MR) is 63.7 cm³/mol. The number of rotatable bonds is 4. The Morgan fingerprint density at radius 3 is 2.32 bits per heavy atom. The Morgan fingerprint density at radius 1 is 1.21 bits per heavy atom. The van der Waals surface area contributed by atoms with Gasteiger partial charge in [-0.25, -0.2) is 0 Å². The first-order valence-corrected chi connectivity index (χ1v) is 6.90. The van der Waals surface area contributed by atoms with E-state index in [2.05, 4.69) is 0 Å². The fourth-order valence-electron chi connectivity index (χ4n) is 3.31. The van der Waals surface area contributed by atoms with E-state index in [0.29, 0.717) is 12.5 Å². The third-order valence-electron chi connectivity index (χ3n) is 4.46. The maximum Gasteiger partial charge on any atom is 0.393 e. The molecule has 2 rings (SSSR count). The van der Waals surface area contributed by atoms with Crippen molar-refractivity contribution in [2.24, 2.45) is 17.8 Å². The van der Waals surface area contributed by atoms with Crippen LogP contribution in [0.4, 0.5) is 13.2 Å². The summed E-state index contributed by atoms with van der Waals surface area (Å²) in [6, 6.07) is 0. The number of alkyl halides is 3. The van der Waals surface area contributed by atoms with Crippen molar-refractivity contribution in [3.63, 3.8) is 0 Å². The van der Waals surface area contributed by atoms with Crippen molar-refractivity contribution in [3.8, 4) is 0 Å². The lowest BCUT2D eigenvalue weighted by atomic mass is 9.96. The molecule has 0 amide bonds. The van der Waals surface area contributed by atoms with E-state index in [4.69, 9.17) is 5.11 Å². The molecule has 0 aromatic rings. The van der Waals surface area contributed by atoms with Gasteiger partial charge in [0.25, 0.3) is 0 Å². The number of nitrogens with zero attached hydrogens (tertiary/aromatic N) is 1. The highest BCUT2D eigenvalue weighted by atomic mass is 19.4. The molecule has 6 heteroatoms. The predicted octanol–water partition coefficient (Wildman–Crippen LogP) is 2.76. The highest BCUT2D eigenvalue weighted by Gasteiger charge is 2.52. The van der Waals surface area contributed by atoms with Crippen molar-refractivity contribution >= 4 is 5.97 Å². The molecule has 1 saturated heterocycles. The lowest BCUT2D eigenvalue weighted by Crippen LogP contribution is -2.33. The monoisotopic (exact) mass is 279 g/mol. The van der Waals surface area contributed by atoms with Crippen molar-refractivity contribution < 1.29 is 23.1 Å². The maximum atomic E-state index is 12.8. The molecule has 0 aromatic heterocycles. The lowest BCUT2D eigenvalue weighted by Gasteiger charge is -2.19. The van der Waals surface area contributed by atoms with Gasteiger partial charge in [-0.1, -0.05) is 25.7 Å². The normalized spacial score (nSPS) is 30.1. The van der Waals surface area contributed by atoms with Crippen molar-refractivity contribution in [2.75, 3.05) is 19.6 Å². The van der Waals surface area contributed by atoms with Crippen LogP contribution in [0.25, 0.3) is 0 Å². The van der Waals surface area contributed by atoms with Gasteiger partial charge >= 0.3 is 12.1 Å². The van der Waals surface area contributed by atoms with Gasteiger partial charge in [0.2, 0.25) is 0 Å². The van der Waals surface area contributed by atoms with Crippen LogP contribution in [-0.2, 0) is 4.79 Å². The number of carboxylic acid groups (broad SMARTS) is 1. The largest absolute Gasteiger partial charge is 0.481 e. The number of likely N-dealkylation sites (tertiary alicyclic amines) is 1. The van der Waals surface area contributed by atoms with Gasteiger partial charge in [0.15, 0.2) is 0 Å². The molecule has 110 valence electrons. The van der Waals surface area contributed by atoms with E-state index in [0.717, 1.165) is 6.42 Å². The van der Waals surface area contributed by atoms with Crippen LogP contribution in [-0.4, -0.2) is 41.8 Å². The zero-order valence-electron chi connectivity index (χ0n) is 10.8. The van der Waals surface area contributed by atoms with Crippen LogP contribution in [0.2, 0.25) is 0 Å². The first kappa shape index (κ1) is 14.6. The molecule has 1 aliphatic carbocycles. The minimum absolute atomic E-state index is 0.0340. The smallest absolute Gasteiger partial charge is 0.393 e. The molecule has 1 heterocycles. The van der Waals surface area contributed by atoms with Crippen LogP contribution >= 0.6 is 0 Å². The highest BCUT2D eigenvalue weighted by Crippen LogP contribution is 2.38. The molecule has 2 aliphatic rings. The Hall–Kier alpha value is -0.780. The third-order valence-corrected chi connectivity index (χ3v) is 4.46. The highest BCUT2D eigenvalue weighted by molar-refractivity contribution is 5.71. The van der Waals surface area contributed by atoms with Crippen LogP contribution in [0, 0.1) is 17.8 Å². The second-order valence-corrected chi connectivity index (χ2v) is 5.79. The van der Waals surface area contributed by atoms with Crippen molar-refractivity contribution in [2.45, 2.75) is 38.3 Å². The molecule has 19 heavy (non-hydrogen) atoms. The van der Waals surface area contributed by atoms with Crippen LogP contribution < -0.4 is 0 Å². The topological polar surface area (TPSA) is 40.5 Å². The molecule has 3 nitrogen and oxygen atoms in total.